The molecule has 2 atom stereocenters. The first kappa shape index (κ1) is 12.4. The molecule has 2 N–H and O–H groups in total. The molecule has 0 aliphatic carbocycles. The summed E-state index contributed by atoms with van der Waals surface area (Å²) in [7, 11) is -0.986. The van der Waals surface area contributed by atoms with Crippen LogP contribution >= 0.6 is 0 Å². The lowest BCUT2D eigenvalue weighted by Gasteiger charge is -2.09. The molecule has 1 aromatic carbocycles. The Morgan fingerprint density at radius 2 is 2.07 bits per heavy atom. The van der Waals surface area contributed by atoms with Gasteiger partial charge in [0.2, 0.25) is 0 Å². The van der Waals surface area contributed by atoms with Crippen LogP contribution in [0.3, 0.4) is 0 Å². The number of hydrogen-bond donors (Lipinski definition) is 1. The fourth-order valence-electron chi connectivity index (χ4n) is 1.04. The molecule has 84 valence electrons. The first-order valence-electron chi connectivity index (χ1n) is 4.93. The predicted octanol–water partition coefficient (Wildman–Crippen LogP) is 1.26. The summed E-state index contributed by atoms with van der Waals surface area (Å²) in [4.78, 5) is 0. The van der Waals surface area contributed by atoms with Gasteiger partial charge in [-0.3, -0.25) is 4.21 Å². The first-order chi connectivity index (χ1) is 7.24. The van der Waals surface area contributed by atoms with Crippen LogP contribution in [-0.4, -0.2) is 21.9 Å². The van der Waals surface area contributed by atoms with Gasteiger partial charge < -0.3 is 10.5 Å². The van der Waals surface area contributed by atoms with E-state index in [4.69, 9.17) is 10.5 Å². The summed E-state index contributed by atoms with van der Waals surface area (Å²) >= 11 is 0. The third-order valence-electron chi connectivity index (χ3n) is 2.09. The van der Waals surface area contributed by atoms with Crippen molar-refractivity contribution in [1.29, 1.82) is 0 Å². The lowest BCUT2D eigenvalue weighted by molar-refractivity contribution is 0.166. The van der Waals surface area contributed by atoms with Crippen LogP contribution in [0.5, 0.6) is 0 Å². The monoisotopic (exact) mass is 227 g/mol. The second-order valence-corrected chi connectivity index (χ2v) is 5.18. The van der Waals surface area contributed by atoms with E-state index in [-0.39, 0.29) is 11.2 Å². The van der Waals surface area contributed by atoms with E-state index in [9.17, 15) is 4.21 Å². The number of benzene rings is 1. The third kappa shape index (κ3) is 4.55. The highest BCUT2D eigenvalue weighted by Crippen LogP contribution is 2.02. The van der Waals surface area contributed by atoms with Gasteiger partial charge in [0.15, 0.2) is 0 Å². The molecule has 1 rings (SSSR count). The molecule has 0 aliphatic rings. The maximum Gasteiger partial charge on any atom is 0.122 e. The van der Waals surface area contributed by atoms with Crippen molar-refractivity contribution in [2.75, 3.05) is 12.5 Å². The Morgan fingerprint density at radius 1 is 1.40 bits per heavy atom. The van der Waals surface area contributed by atoms with Crippen LogP contribution in [0.2, 0.25) is 0 Å². The summed E-state index contributed by atoms with van der Waals surface area (Å²) in [5, 5.41) is 0.000716. The molecule has 0 radical (unpaired) electrons. The smallest absolute Gasteiger partial charge is 0.122 e. The molecule has 0 saturated heterocycles. The van der Waals surface area contributed by atoms with Gasteiger partial charge in [0, 0.05) is 11.8 Å². The average Bonchev–Trinajstić information content (AvgIpc) is 2.29. The van der Waals surface area contributed by atoms with Gasteiger partial charge in [0.25, 0.3) is 0 Å². The first-order valence-corrected chi connectivity index (χ1v) is 6.31. The van der Waals surface area contributed by atoms with Crippen LogP contribution in [0.4, 0.5) is 0 Å². The van der Waals surface area contributed by atoms with Gasteiger partial charge in [0.1, 0.15) is 5.94 Å². The SMILES string of the molecule is CC(CN)S(=O)COCc1ccccc1. The normalized spacial score (nSPS) is 14.8. The van der Waals surface area contributed by atoms with E-state index >= 15 is 0 Å². The zero-order valence-electron chi connectivity index (χ0n) is 8.89. The molecule has 0 aliphatic heterocycles. The van der Waals surface area contributed by atoms with Crippen molar-refractivity contribution in [3.63, 3.8) is 0 Å². The summed E-state index contributed by atoms with van der Waals surface area (Å²) in [6.07, 6.45) is 0. The summed E-state index contributed by atoms with van der Waals surface area (Å²) in [6, 6.07) is 9.83. The number of nitrogens with two attached hydrogens (primary N) is 1. The van der Waals surface area contributed by atoms with Gasteiger partial charge >= 0.3 is 0 Å². The van der Waals surface area contributed by atoms with E-state index in [2.05, 4.69) is 0 Å². The average molecular weight is 227 g/mol. The molecular weight excluding hydrogens is 210 g/mol. The predicted molar refractivity (Wildman–Crippen MR) is 62.8 cm³/mol. The molecule has 0 bridgehead atoms. The molecule has 0 spiro atoms. The maximum atomic E-state index is 11.5. The van der Waals surface area contributed by atoms with E-state index in [1.54, 1.807) is 0 Å². The van der Waals surface area contributed by atoms with Crippen LogP contribution in [-0.2, 0) is 22.1 Å². The summed E-state index contributed by atoms with van der Waals surface area (Å²) in [5.41, 5.74) is 6.50. The second kappa shape index (κ2) is 6.71. The minimum atomic E-state index is -0.986. The molecule has 0 fully saturated rings. The van der Waals surface area contributed by atoms with E-state index < -0.39 is 10.8 Å². The van der Waals surface area contributed by atoms with Crippen molar-refractivity contribution >= 4 is 10.8 Å². The Balaban J connectivity index is 2.25. The number of hydrogen-bond acceptors (Lipinski definition) is 3. The van der Waals surface area contributed by atoms with Gasteiger partial charge in [-0.15, -0.1) is 0 Å². The Labute approximate surface area is 93.1 Å². The standard InChI is InChI=1S/C11H17NO2S/c1-10(7-12)15(13)9-14-8-11-5-3-2-4-6-11/h2-6,10H,7-9,12H2,1H3. The highest BCUT2D eigenvalue weighted by molar-refractivity contribution is 7.85. The van der Waals surface area contributed by atoms with Crippen LogP contribution in [0, 0.1) is 0 Å². The second-order valence-electron chi connectivity index (χ2n) is 3.38. The number of rotatable bonds is 6. The zero-order chi connectivity index (χ0) is 11.1. The van der Waals surface area contributed by atoms with Gasteiger partial charge in [0.05, 0.1) is 17.4 Å². The van der Waals surface area contributed by atoms with Crippen molar-refractivity contribution in [2.24, 2.45) is 5.73 Å². The van der Waals surface area contributed by atoms with Gasteiger partial charge in [-0.2, -0.15) is 0 Å². The molecule has 3 nitrogen and oxygen atoms in total. The van der Waals surface area contributed by atoms with Crippen LogP contribution < -0.4 is 5.73 Å². The topological polar surface area (TPSA) is 52.3 Å². The largest absolute Gasteiger partial charge is 0.364 e. The Morgan fingerprint density at radius 3 is 2.67 bits per heavy atom. The fourth-order valence-corrected chi connectivity index (χ4v) is 1.73. The molecule has 0 aromatic heterocycles. The van der Waals surface area contributed by atoms with Gasteiger partial charge in [-0.05, 0) is 12.5 Å². The highest BCUT2D eigenvalue weighted by atomic mass is 32.2. The highest BCUT2D eigenvalue weighted by Gasteiger charge is 2.08. The molecule has 0 heterocycles. The van der Waals surface area contributed by atoms with Crippen LogP contribution in [0.25, 0.3) is 0 Å². The minimum absolute atomic E-state index is 0.000716. The van der Waals surface area contributed by atoms with E-state index in [1.807, 2.05) is 37.3 Å². The summed E-state index contributed by atoms with van der Waals surface area (Å²) < 4.78 is 16.8. The number of ether oxygens (including phenoxy) is 1. The van der Waals surface area contributed by atoms with Crippen molar-refractivity contribution in [2.45, 2.75) is 18.8 Å². The van der Waals surface area contributed by atoms with E-state index in [1.165, 1.54) is 0 Å². The molecule has 2 unspecified atom stereocenters. The van der Waals surface area contributed by atoms with Crippen LogP contribution in [0.15, 0.2) is 30.3 Å². The Kier molecular flexibility index (Phi) is 5.53. The van der Waals surface area contributed by atoms with Crippen molar-refractivity contribution in [1.82, 2.24) is 0 Å². The molecule has 1 aromatic rings. The molecule has 0 saturated carbocycles. The molecular formula is C11H17NO2S. The maximum absolute atomic E-state index is 11.5. The van der Waals surface area contributed by atoms with Crippen molar-refractivity contribution in [3.8, 4) is 0 Å². The van der Waals surface area contributed by atoms with Gasteiger partial charge in [-0.1, -0.05) is 30.3 Å². The fraction of sp³-hybridized carbons (Fsp3) is 0.455. The zero-order valence-corrected chi connectivity index (χ0v) is 9.70. The summed E-state index contributed by atoms with van der Waals surface area (Å²) in [5.74, 6) is 0.257. The molecule has 0 amide bonds. The minimum Gasteiger partial charge on any atom is -0.364 e. The van der Waals surface area contributed by atoms with Crippen molar-refractivity contribution in [3.05, 3.63) is 35.9 Å². The van der Waals surface area contributed by atoms with Gasteiger partial charge in [-0.25, -0.2) is 0 Å². The van der Waals surface area contributed by atoms with Crippen molar-refractivity contribution < 1.29 is 8.95 Å². The van der Waals surface area contributed by atoms with E-state index in [0.29, 0.717) is 13.2 Å². The Hall–Kier alpha value is -0.710. The molecule has 4 heteroatoms. The van der Waals surface area contributed by atoms with Crippen LogP contribution in [0.1, 0.15) is 12.5 Å². The lowest BCUT2D eigenvalue weighted by atomic mass is 10.2. The Bertz CT molecular complexity index is 303. The lowest BCUT2D eigenvalue weighted by Crippen LogP contribution is -2.24. The third-order valence-corrected chi connectivity index (χ3v) is 3.58. The molecule has 15 heavy (non-hydrogen) atoms. The van der Waals surface area contributed by atoms with E-state index in [0.717, 1.165) is 5.56 Å². The quantitative estimate of drug-likeness (QED) is 0.796. The summed E-state index contributed by atoms with van der Waals surface area (Å²) in [6.45, 7) is 2.80.